The Bertz CT molecular complexity index is 720. The summed E-state index contributed by atoms with van der Waals surface area (Å²) >= 11 is 0. The van der Waals surface area contributed by atoms with Gasteiger partial charge in [0.15, 0.2) is 0 Å². The molecule has 0 unspecified atom stereocenters. The molecule has 2 aromatic carbocycles. The van der Waals surface area contributed by atoms with Crippen molar-refractivity contribution in [3.05, 3.63) is 71.6 Å². The topological polar surface area (TPSA) is 52.6 Å². The highest BCUT2D eigenvalue weighted by atomic mass is 19.1. The van der Waals surface area contributed by atoms with Crippen molar-refractivity contribution in [1.82, 2.24) is 0 Å². The van der Waals surface area contributed by atoms with Crippen molar-refractivity contribution >= 4 is 18.0 Å². The number of esters is 2. The minimum absolute atomic E-state index is 0.240. The van der Waals surface area contributed by atoms with Crippen molar-refractivity contribution in [3.63, 3.8) is 0 Å². The summed E-state index contributed by atoms with van der Waals surface area (Å²) in [5.41, 5.74) is 0.975. The second-order valence-corrected chi connectivity index (χ2v) is 4.55. The first kappa shape index (κ1) is 16.4. The molecule has 0 radical (unpaired) electrons. The van der Waals surface area contributed by atoms with Crippen molar-refractivity contribution in [1.29, 1.82) is 0 Å². The lowest BCUT2D eigenvalue weighted by atomic mass is 10.2. The van der Waals surface area contributed by atoms with Crippen LogP contribution in [0, 0.1) is 5.82 Å². The zero-order valence-corrected chi connectivity index (χ0v) is 12.5. The Morgan fingerprint density at radius 2 is 1.87 bits per heavy atom. The van der Waals surface area contributed by atoms with E-state index in [1.165, 1.54) is 30.4 Å². The molecule has 0 heterocycles. The van der Waals surface area contributed by atoms with Gasteiger partial charge in [-0.25, -0.2) is 14.0 Å². The van der Waals surface area contributed by atoms with E-state index in [0.717, 1.165) is 0 Å². The van der Waals surface area contributed by atoms with Gasteiger partial charge in [0.2, 0.25) is 0 Å². The molecule has 0 saturated carbocycles. The zero-order chi connectivity index (χ0) is 16.7. The van der Waals surface area contributed by atoms with Crippen molar-refractivity contribution < 1.29 is 23.5 Å². The third kappa shape index (κ3) is 5.07. The summed E-state index contributed by atoms with van der Waals surface area (Å²) in [6.45, 7) is 1.98. The van der Waals surface area contributed by atoms with Gasteiger partial charge in [-0.1, -0.05) is 18.2 Å². The summed E-state index contributed by atoms with van der Waals surface area (Å²) in [5.74, 6) is -1.19. The average molecular weight is 314 g/mol. The van der Waals surface area contributed by atoms with Crippen LogP contribution in [-0.4, -0.2) is 18.5 Å². The molecule has 0 atom stereocenters. The fourth-order valence-corrected chi connectivity index (χ4v) is 1.79. The molecule has 0 aromatic heterocycles. The molecule has 0 fully saturated rings. The molecule has 2 aromatic rings. The fraction of sp³-hybridized carbons (Fsp3) is 0.111. The van der Waals surface area contributed by atoms with Crippen LogP contribution in [0.25, 0.3) is 6.08 Å². The van der Waals surface area contributed by atoms with Gasteiger partial charge in [-0.2, -0.15) is 0 Å². The number of hydrogen-bond acceptors (Lipinski definition) is 4. The van der Waals surface area contributed by atoms with Gasteiger partial charge in [-0.15, -0.1) is 0 Å². The first-order valence-electron chi connectivity index (χ1n) is 7.01. The van der Waals surface area contributed by atoms with Crippen LogP contribution in [0.1, 0.15) is 22.8 Å². The number of benzene rings is 2. The molecule has 0 aliphatic carbocycles. The van der Waals surface area contributed by atoms with Gasteiger partial charge in [0, 0.05) is 6.08 Å². The van der Waals surface area contributed by atoms with E-state index in [9.17, 15) is 14.0 Å². The smallest absolute Gasteiger partial charge is 0.338 e. The van der Waals surface area contributed by atoms with Crippen LogP contribution >= 0.6 is 0 Å². The lowest BCUT2D eigenvalue weighted by Gasteiger charge is -2.04. The molecule has 5 heteroatoms. The minimum atomic E-state index is -0.602. The quantitative estimate of drug-likeness (QED) is 0.480. The SMILES string of the molecule is CCOC(=O)c1cccc(OC(=O)/C=C/c2ccc(F)cc2)c1. The van der Waals surface area contributed by atoms with Crippen molar-refractivity contribution in [2.45, 2.75) is 6.92 Å². The molecule has 0 amide bonds. The van der Waals surface area contributed by atoms with Gasteiger partial charge < -0.3 is 9.47 Å². The normalized spacial score (nSPS) is 10.5. The second-order valence-electron chi connectivity index (χ2n) is 4.55. The summed E-state index contributed by atoms with van der Waals surface area (Å²) in [6, 6.07) is 11.8. The van der Waals surface area contributed by atoms with Gasteiger partial charge in [0.25, 0.3) is 0 Å². The maximum absolute atomic E-state index is 12.8. The highest BCUT2D eigenvalue weighted by Gasteiger charge is 2.08. The number of halogens is 1. The predicted molar refractivity (Wildman–Crippen MR) is 83.5 cm³/mol. The maximum Gasteiger partial charge on any atom is 0.338 e. The largest absolute Gasteiger partial charge is 0.462 e. The summed E-state index contributed by atoms with van der Waals surface area (Å²) in [4.78, 5) is 23.4. The molecule has 23 heavy (non-hydrogen) atoms. The van der Waals surface area contributed by atoms with E-state index >= 15 is 0 Å². The van der Waals surface area contributed by atoms with Gasteiger partial charge in [-0.3, -0.25) is 0 Å². The first-order chi connectivity index (χ1) is 11.1. The van der Waals surface area contributed by atoms with Crippen LogP contribution in [0.2, 0.25) is 0 Å². The van der Waals surface area contributed by atoms with E-state index in [1.807, 2.05) is 0 Å². The molecular formula is C18H15FO4. The standard InChI is InChI=1S/C18H15FO4/c1-2-22-18(21)14-4-3-5-16(12-14)23-17(20)11-8-13-6-9-15(19)10-7-13/h3-12H,2H2,1H3/b11-8+. The van der Waals surface area contributed by atoms with E-state index in [0.29, 0.717) is 11.1 Å². The van der Waals surface area contributed by atoms with E-state index in [4.69, 9.17) is 9.47 Å². The van der Waals surface area contributed by atoms with Crippen LogP contribution in [0.3, 0.4) is 0 Å². The molecule has 0 spiro atoms. The zero-order valence-electron chi connectivity index (χ0n) is 12.5. The Balaban J connectivity index is 2.01. The molecular weight excluding hydrogens is 299 g/mol. The summed E-state index contributed by atoms with van der Waals surface area (Å²) in [7, 11) is 0. The van der Waals surface area contributed by atoms with E-state index in [-0.39, 0.29) is 18.2 Å². The van der Waals surface area contributed by atoms with Crippen LogP contribution < -0.4 is 4.74 Å². The van der Waals surface area contributed by atoms with E-state index in [1.54, 1.807) is 37.3 Å². The lowest BCUT2D eigenvalue weighted by molar-refractivity contribution is -0.128. The molecule has 4 nitrogen and oxygen atoms in total. The van der Waals surface area contributed by atoms with Gasteiger partial charge >= 0.3 is 11.9 Å². The van der Waals surface area contributed by atoms with E-state index in [2.05, 4.69) is 0 Å². The van der Waals surface area contributed by atoms with Crippen molar-refractivity contribution in [2.24, 2.45) is 0 Å². The lowest BCUT2D eigenvalue weighted by Crippen LogP contribution is -2.07. The third-order valence-corrected chi connectivity index (χ3v) is 2.85. The monoisotopic (exact) mass is 314 g/mol. The number of hydrogen-bond donors (Lipinski definition) is 0. The highest BCUT2D eigenvalue weighted by Crippen LogP contribution is 2.15. The Kier molecular flexibility index (Phi) is 5.63. The third-order valence-electron chi connectivity index (χ3n) is 2.85. The number of carbonyl (C=O) groups is 2. The van der Waals surface area contributed by atoms with Crippen LogP contribution in [0.5, 0.6) is 5.75 Å². The van der Waals surface area contributed by atoms with Gasteiger partial charge in [0.05, 0.1) is 12.2 Å². The average Bonchev–Trinajstić information content (AvgIpc) is 2.55. The number of rotatable bonds is 5. The Labute approximate surface area is 133 Å². The number of carbonyl (C=O) groups excluding carboxylic acids is 2. The fourth-order valence-electron chi connectivity index (χ4n) is 1.79. The summed E-state index contributed by atoms with van der Waals surface area (Å²) < 4.78 is 22.8. The molecule has 0 bridgehead atoms. The van der Waals surface area contributed by atoms with Crippen LogP contribution in [-0.2, 0) is 9.53 Å². The van der Waals surface area contributed by atoms with Gasteiger partial charge in [0.1, 0.15) is 11.6 Å². The van der Waals surface area contributed by atoms with Gasteiger partial charge in [-0.05, 0) is 48.9 Å². The number of ether oxygens (including phenoxy) is 2. The molecule has 0 aliphatic rings. The summed E-state index contributed by atoms with van der Waals surface area (Å²) in [5, 5.41) is 0. The molecule has 118 valence electrons. The van der Waals surface area contributed by atoms with Crippen molar-refractivity contribution in [2.75, 3.05) is 6.61 Å². The minimum Gasteiger partial charge on any atom is -0.462 e. The van der Waals surface area contributed by atoms with Crippen molar-refractivity contribution in [3.8, 4) is 5.75 Å². The first-order valence-corrected chi connectivity index (χ1v) is 7.01. The Morgan fingerprint density at radius 3 is 2.57 bits per heavy atom. The predicted octanol–water partition coefficient (Wildman–Crippen LogP) is 3.62. The highest BCUT2D eigenvalue weighted by molar-refractivity contribution is 5.91. The molecule has 0 N–H and O–H groups in total. The van der Waals surface area contributed by atoms with E-state index < -0.39 is 11.9 Å². The molecule has 0 saturated heterocycles. The van der Waals surface area contributed by atoms with Crippen LogP contribution in [0.4, 0.5) is 4.39 Å². The molecule has 2 rings (SSSR count). The Morgan fingerprint density at radius 1 is 1.13 bits per heavy atom. The van der Waals surface area contributed by atoms with Crippen LogP contribution in [0.15, 0.2) is 54.6 Å². The Hall–Kier alpha value is -2.95. The second kappa shape index (κ2) is 7.89. The maximum atomic E-state index is 12.8. The summed E-state index contributed by atoms with van der Waals surface area (Å²) in [6.07, 6.45) is 2.74. The molecule has 0 aliphatic heterocycles.